The van der Waals surface area contributed by atoms with Gasteiger partial charge in [-0.25, -0.2) is 0 Å². The second-order valence-electron chi connectivity index (χ2n) is 17.2. The molecule has 0 aliphatic carbocycles. The molecule has 0 aromatic heterocycles. The van der Waals surface area contributed by atoms with E-state index in [1.54, 1.807) is 0 Å². The highest BCUT2D eigenvalue weighted by molar-refractivity contribution is 5.71. The topological polar surface area (TPSA) is 78.9 Å². The van der Waals surface area contributed by atoms with E-state index in [9.17, 15) is 14.4 Å². The van der Waals surface area contributed by atoms with Gasteiger partial charge in [-0.2, -0.15) is 0 Å². The molecule has 0 spiro atoms. The average Bonchev–Trinajstić information content (AvgIpc) is 3.27. The van der Waals surface area contributed by atoms with Gasteiger partial charge in [0.2, 0.25) is 0 Å². The van der Waals surface area contributed by atoms with Crippen LogP contribution in [0.2, 0.25) is 0 Å². The maximum Gasteiger partial charge on any atom is 0.306 e. The molecule has 1 unspecified atom stereocenters. The van der Waals surface area contributed by atoms with Crippen molar-refractivity contribution in [2.24, 2.45) is 0 Å². The van der Waals surface area contributed by atoms with E-state index >= 15 is 0 Å². The Morgan fingerprint density at radius 2 is 0.581 bits per heavy atom. The molecule has 0 aliphatic rings. The van der Waals surface area contributed by atoms with Crippen LogP contribution in [0.3, 0.4) is 0 Å². The highest BCUT2D eigenvalue weighted by Crippen LogP contribution is 2.14. The molecule has 0 rings (SSSR count). The van der Waals surface area contributed by atoms with E-state index < -0.39 is 6.10 Å². The highest BCUT2D eigenvalue weighted by Gasteiger charge is 2.19. The molecule has 0 aromatic rings. The van der Waals surface area contributed by atoms with Crippen LogP contribution in [-0.4, -0.2) is 37.2 Å². The normalized spacial score (nSPS) is 12.6. The molecular weight excluding hydrogens is 769 g/mol. The molecule has 0 saturated heterocycles. The molecule has 62 heavy (non-hydrogen) atoms. The van der Waals surface area contributed by atoms with Crippen molar-refractivity contribution in [3.63, 3.8) is 0 Å². The zero-order valence-electron chi connectivity index (χ0n) is 40.6. The van der Waals surface area contributed by atoms with E-state index in [-0.39, 0.29) is 31.1 Å². The number of carbonyl (C=O) groups is 3. The molecular formula is C56H96O6. The number of unbranched alkanes of at least 4 members (excludes halogenated alkanes) is 27. The van der Waals surface area contributed by atoms with Gasteiger partial charge in [0, 0.05) is 19.3 Å². The molecule has 0 N–H and O–H groups in total. The lowest BCUT2D eigenvalue weighted by atomic mass is 10.1. The summed E-state index contributed by atoms with van der Waals surface area (Å²) < 4.78 is 16.7. The first-order valence-electron chi connectivity index (χ1n) is 26.0. The summed E-state index contributed by atoms with van der Waals surface area (Å²) in [4.78, 5) is 37.9. The first-order chi connectivity index (χ1) is 30.5. The van der Waals surface area contributed by atoms with Gasteiger partial charge >= 0.3 is 17.9 Å². The highest BCUT2D eigenvalue weighted by atomic mass is 16.6. The SMILES string of the molecule is CCCCC\C=C/C=C\C=C/C=C\CCCCCCCC(=O)OCC(COC(=O)CCCCCCCCCCCC)OC(=O)CCCCC/C=C\C=C/CCCCCCCCC. The maximum absolute atomic E-state index is 12.8. The molecule has 6 nitrogen and oxygen atoms in total. The number of carbonyl (C=O) groups excluding carboxylic acids is 3. The van der Waals surface area contributed by atoms with Gasteiger partial charge in [0.15, 0.2) is 6.10 Å². The molecule has 1 atom stereocenters. The van der Waals surface area contributed by atoms with Crippen molar-refractivity contribution in [1.29, 1.82) is 0 Å². The van der Waals surface area contributed by atoms with Crippen molar-refractivity contribution in [3.8, 4) is 0 Å². The van der Waals surface area contributed by atoms with Gasteiger partial charge in [-0.05, 0) is 70.6 Å². The van der Waals surface area contributed by atoms with Crippen molar-refractivity contribution < 1.29 is 28.6 Å². The summed E-state index contributed by atoms with van der Waals surface area (Å²) in [6, 6.07) is 0. The minimum atomic E-state index is -0.796. The lowest BCUT2D eigenvalue weighted by Gasteiger charge is -2.18. The third-order valence-corrected chi connectivity index (χ3v) is 11.1. The largest absolute Gasteiger partial charge is 0.462 e. The van der Waals surface area contributed by atoms with Crippen LogP contribution in [0, 0.1) is 0 Å². The van der Waals surface area contributed by atoms with Crippen LogP contribution >= 0.6 is 0 Å². The van der Waals surface area contributed by atoms with Crippen molar-refractivity contribution in [1.82, 2.24) is 0 Å². The minimum Gasteiger partial charge on any atom is -0.462 e. The van der Waals surface area contributed by atoms with E-state index in [4.69, 9.17) is 14.2 Å². The average molecular weight is 865 g/mol. The van der Waals surface area contributed by atoms with Gasteiger partial charge in [0.05, 0.1) is 0 Å². The fourth-order valence-corrected chi connectivity index (χ4v) is 7.09. The number of hydrogen-bond donors (Lipinski definition) is 0. The predicted molar refractivity (Wildman–Crippen MR) is 265 cm³/mol. The van der Waals surface area contributed by atoms with Gasteiger partial charge in [-0.15, -0.1) is 0 Å². The Morgan fingerprint density at radius 3 is 0.968 bits per heavy atom. The maximum atomic E-state index is 12.8. The Kier molecular flexibility index (Phi) is 47.9. The monoisotopic (exact) mass is 865 g/mol. The lowest BCUT2D eigenvalue weighted by Crippen LogP contribution is -2.30. The zero-order valence-corrected chi connectivity index (χ0v) is 40.6. The Balaban J connectivity index is 4.45. The van der Waals surface area contributed by atoms with E-state index in [1.165, 1.54) is 109 Å². The fourth-order valence-electron chi connectivity index (χ4n) is 7.09. The first-order valence-corrected chi connectivity index (χ1v) is 26.0. The molecule has 6 heteroatoms. The summed E-state index contributed by atoms with van der Waals surface area (Å²) in [6.45, 7) is 6.54. The van der Waals surface area contributed by atoms with E-state index in [0.29, 0.717) is 19.3 Å². The number of esters is 3. The molecule has 0 bridgehead atoms. The van der Waals surface area contributed by atoms with E-state index in [0.717, 1.165) is 96.3 Å². The van der Waals surface area contributed by atoms with Crippen LogP contribution in [-0.2, 0) is 28.6 Å². The molecule has 0 amide bonds. The minimum absolute atomic E-state index is 0.0929. The molecule has 356 valence electrons. The first kappa shape index (κ1) is 58.9. The third kappa shape index (κ3) is 47.9. The van der Waals surface area contributed by atoms with Crippen molar-refractivity contribution in [3.05, 3.63) is 72.9 Å². The Labute approximate surface area is 382 Å². The Morgan fingerprint density at radius 1 is 0.323 bits per heavy atom. The predicted octanol–water partition coefficient (Wildman–Crippen LogP) is 17.0. The molecule has 0 heterocycles. The van der Waals surface area contributed by atoms with Gasteiger partial charge in [-0.1, -0.05) is 229 Å². The number of allylic oxidation sites excluding steroid dienone is 12. The summed E-state index contributed by atoms with van der Waals surface area (Å²) in [5, 5.41) is 0. The Hall–Kier alpha value is -3.15. The van der Waals surface area contributed by atoms with Gasteiger partial charge in [-0.3, -0.25) is 14.4 Å². The number of ether oxygens (including phenoxy) is 3. The molecule has 0 saturated carbocycles. The smallest absolute Gasteiger partial charge is 0.306 e. The summed E-state index contributed by atoms with van der Waals surface area (Å²) in [5.74, 6) is -0.943. The molecule has 0 aliphatic heterocycles. The second-order valence-corrected chi connectivity index (χ2v) is 17.2. The van der Waals surface area contributed by atoms with Crippen molar-refractivity contribution in [2.75, 3.05) is 13.2 Å². The van der Waals surface area contributed by atoms with Crippen LogP contribution in [0.1, 0.15) is 245 Å². The lowest BCUT2D eigenvalue weighted by molar-refractivity contribution is -0.167. The summed E-state index contributed by atoms with van der Waals surface area (Å²) in [6.07, 6.45) is 63.1. The van der Waals surface area contributed by atoms with Crippen molar-refractivity contribution in [2.45, 2.75) is 252 Å². The molecule has 0 fully saturated rings. The second kappa shape index (κ2) is 50.5. The number of rotatable bonds is 46. The van der Waals surface area contributed by atoms with Crippen LogP contribution in [0.5, 0.6) is 0 Å². The summed E-state index contributed by atoms with van der Waals surface area (Å²) in [5.41, 5.74) is 0. The third-order valence-electron chi connectivity index (χ3n) is 11.1. The van der Waals surface area contributed by atoms with Crippen LogP contribution in [0.25, 0.3) is 0 Å². The van der Waals surface area contributed by atoms with E-state index in [2.05, 4.69) is 93.7 Å². The molecule has 0 radical (unpaired) electrons. The van der Waals surface area contributed by atoms with Gasteiger partial charge in [0.25, 0.3) is 0 Å². The Bertz CT molecular complexity index is 1180. The van der Waals surface area contributed by atoms with Crippen LogP contribution in [0.15, 0.2) is 72.9 Å². The van der Waals surface area contributed by atoms with Crippen molar-refractivity contribution >= 4 is 17.9 Å². The molecule has 0 aromatic carbocycles. The van der Waals surface area contributed by atoms with Crippen LogP contribution < -0.4 is 0 Å². The van der Waals surface area contributed by atoms with Crippen LogP contribution in [0.4, 0.5) is 0 Å². The zero-order chi connectivity index (χ0) is 45.1. The van der Waals surface area contributed by atoms with E-state index in [1.807, 2.05) is 0 Å². The summed E-state index contributed by atoms with van der Waals surface area (Å²) >= 11 is 0. The number of hydrogen-bond acceptors (Lipinski definition) is 6. The standard InChI is InChI=1S/C56H96O6/c1-4-7-10-13-16-19-22-24-26-28-29-31-32-34-37-40-43-46-49-55(58)61-52-53(51-60-54(57)48-45-42-39-36-21-18-15-12-9-6-3)62-56(59)50-47-44-41-38-35-33-30-27-25-23-20-17-14-11-8-5-2/h16,19,22,24,26-31,33,35,53H,4-15,17-18,20-21,23,25,32,34,36-52H2,1-3H3/b19-16-,24-22-,28-26-,30-27-,31-29-,35-33-. The quantitative estimate of drug-likeness (QED) is 0.0262. The van der Waals surface area contributed by atoms with Gasteiger partial charge < -0.3 is 14.2 Å². The summed E-state index contributed by atoms with van der Waals surface area (Å²) in [7, 11) is 0. The van der Waals surface area contributed by atoms with Gasteiger partial charge in [0.1, 0.15) is 13.2 Å². The fraction of sp³-hybridized carbons (Fsp3) is 0.732.